The van der Waals surface area contributed by atoms with E-state index in [1.165, 1.54) is 16.9 Å². The minimum Gasteiger partial charge on any atom is -0.330 e. The molecule has 78 valence electrons. The SMILES string of the molecule is CSc1ccc(CCC(C)CN)cc1. The van der Waals surface area contributed by atoms with Crippen molar-refractivity contribution >= 4 is 11.8 Å². The van der Waals surface area contributed by atoms with Crippen molar-refractivity contribution in [1.82, 2.24) is 0 Å². The van der Waals surface area contributed by atoms with Crippen molar-refractivity contribution in [2.24, 2.45) is 11.7 Å². The largest absolute Gasteiger partial charge is 0.330 e. The van der Waals surface area contributed by atoms with Gasteiger partial charge in [0.15, 0.2) is 0 Å². The number of hydrogen-bond donors (Lipinski definition) is 1. The van der Waals surface area contributed by atoms with Gasteiger partial charge in [-0.1, -0.05) is 19.1 Å². The molecule has 1 atom stereocenters. The van der Waals surface area contributed by atoms with Gasteiger partial charge in [0.05, 0.1) is 0 Å². The monoisotopic (exact) mass is 209 g/mol. The molecule has 2 N–H and O–H groups in total. The van der Waals surface area contributed by atoms with Crippen molar-refractivity contribution in [1.29, 1.82) is 0 Å². The Bertz CT molecular complexity index is 256. The van der Waals surface area contributed by atoms with Crippen LogP contribution in [0.3, 0.4) is 0 Å². The van der Waals surface area contributed by atoms with Crippen LogP contribution in [0.1, 0.15) is 18.9 Å². The predicted molar refractivity (Wildman–Crippen MR) is 64.8 cm³/mol. The maximum absolute atomic E-state index is 5.58. The third kappa shape index (κ3) is 3.72. The highest BCUT2D eigenvalue weighted by Crippen LogP contribution is 2.16. The first-order valence-electron chi connectivity index (χ1n) is 5.09. The molecule has 0 aromatic heterocycles. The van der Waals surface area contributed by atoms with E-state index in [9.17, 15) is 0 Å². The van der Waals surface area contributed by atoms with E-state index in [-0.39, 0.29) is 0 Å². The van der Waals surface area contributed by atoms with Crippen molar-refractivity contribution in [3.8, 4) is 0 Å². The summed E-state index contributed by atoms with van der Waals surface area (Å²) in [6.45, 7) is 3.00. The average Bonchev–Trinajstić information content (AvgIpc) is 2.26. The maximum Gasteiger partial charge on any atom is 0.00693 e. The Hall–Kier alpha value is -0.470. The number of rotatable bonds is 5. The van der Waals surface area contributed by atoms with Crippen molar-refractivity contribution in [2.45, 2.75) is 24.7 Å². The zero-order chi connectivity index (χ0) is 10.4. The highest BCUT2D eigenvalue weighted by Gasteiger charge is 2.00. The third-order valence-electron chi connectivity index (χ3n) is 2.49. The molecular weight excluding hydrogens is 190 g/mol. The van der Waals surface area contributed by atoms with Crippen LogP contribution < -0.4 is 5.73 Å². The molecule has 0 aliphatic carbocycles. The molecule has 1 aromatic carbocycles. The average molecular weight is 209 g/mol. The lowest BCUT2D eigenvalue weighted by molar-refractivity contribution is 0.544. The van der Waals surface area contributed by atoms with Gasteiger partial charge in [-0.3, -0.25) is 0 Å². The fourth-order valence-corrected chi connectivity index (χ4v) is 1.73. The Morgan fingerprint density at radius 1 is 1.29 bits per heavy atom. The van der Waals surface area contributed by atoms with Gasteiger partial charge in [0.1, 0.15) is 0 Å². The molecule has 0 aliphatic rings. The maximum atomic E-state index is 5.58. The molecule has 0 heterocycles. The quantitative estimate of drug-likeness (QED) is 0.755. The molecule has 2 heteroatoms. The van der Waals surface area contributed by atoms with Crippen LogP contribution >= 0.6 is 11.8 Å². The van der Waals surface area contributed by atoms with Gasteiger partial charge in [0, 0.05) is 4.90 Å². The molecule has 0 amide bonds. The molecule has 1 rings (SSSR count). The molecule has 0 bridgehead atoms. The lowest BCUT2D eigenvalue weighted by Crippen LogP contribution is -2.11. The first-order valence-corrected chi connectivity index (χ1v) is 6.31. The molecule has 0 fully saturated rings. The lowest BCUT2D eigenvalue weighted by Gasteiger charge is -2.07. The number of aryl methyl sites for hydroxylation is 1. The van der Waals surface area contributed by atoms with Crippen LogP contribution in [0.25, 0.3) is 0 Å². The smallest absolute Gasteiger partial charge is 0.00693 e. The van der Waals surface area contributed by atoms with Gasteiger partial charge in [-0.15, -0.1) is 11.8 Å². The van der Waals surface area contributed by atoms with E-state index >= 15 is 0 Å². The third-order valence-corrected chi connectivity index (χ3v) is 3.23. The Balaban J connectivity index is 2.43. The second kappa shape index (κ2) is 6.10. The lowest BCUT2D eigenvalue weighted by atomic mass is 10.0. The summed E-state index contributed by atoms with van der Waals surface area (Å²) in [6.07, 6.45) is 4.44. The number of thioether (sulfide) groups is 1. The highest BCUT2D eigenvalue weighted by atomic mass is 32.2. The summed E-state index contributed by atoms with van der Waals surface area (Å²) in [4.78, 5) is 1.33. The van der Waals surface area contributed by atoms with Gasteiger partial charge < -0.3 is 5.73 Å². The fourth-order valence-electron chi connectivity index (χ4n) is 1.32. The van der Waals surface area contributed by atoms with E-state index in [2.05, 4.69) is 37.4 Å². The van der Waals surface area contributed by atoms with Crippen LogP contribution in [0.2, 0.25) is 0 Å². The summed E-state index contributed by atoms with van der Waals surface area (Å²) in [7, 11) is 0. The zero-order valence-electron chi connectivity index (χ0n) is 8.99. The number of nitrogens with two attached hydrogens (primary N) is 1. The molecule has 0 saturated heterocycles. The first-order chi connectivity index (χ1) is 6.76. The van der Waals surface area contributed by atoms with Gasteiger partial charge in [-0.25, -0.2) is 0 Å². The van der Waals surface area contributed by atoms with Crippen molar-refractivity contribution < 1.29 is 0 Å². The Labute approximate surface area is 91.1 Å². The number of benzene rings is 1. The van der Waals surface area contributed by atoms with Crippen LogP contribution in [-0.4, -0.2) is 12.8 Å². The van der Waals surface area contributed by atoms with E-state index < -0.39 is 0 Å². The normalized spacial score (nSPS) is 12.8. The van der Waals surface area contributed by atoms with E-state index in [4.69, 9.17) is 5.73 Å². The van der Waals surface area contributed by atoms with Crippen LogP contribution in [-0.2, 0) is 6.42 Å². The van der Waals surface area contributed by atoms with Crippen molar-refractivity contribution in [2.75, 3.05) is 12.8 Å². The highest BCUT2D eigenvalue weighted by molar-refractivity contribution is 7.98. The molecule has 14 heavy (non-hydrogen) atoms. The van der Waals surface area contributed by atoms with E-state index in [1.807, 2.05) is 0 Å². The van der Waals surface area contributed by atoms with E-state index in [1.54, 1.807) is 11.8 Å². The molecule has 1 unspecified atom stereocenters. The second-order valence-corrected chi connectivity index (χ2v) is 4.61. The van der Waals surface area contributed by atoms with Crippen LogP contribution in [0.4, 0.5) is 0 Å². The fraction of sp³-hybridized carbons (Fsp3) is 0.500. The second-order valence-electron chi connectivity index (χ2n) is 3.73. The van der Waals surface area contributed by atoms with Gasteiger partial charge in [0.25, 0.3) is 0 Å². The Morgan fingerprint density at radius 3 is 2.43 bits per heavy atom. The topological polar surface area (TPSA) is 26.0 Å². The summed E-state index contributed by atoms with van der Waals surface area (Å²) in [5, 5.41) is 0. The summed E-state index contributed by atoms with van der Waals surface area (Å²) < 4.78 is 0. The van der Waals surface area contributed by atoms with Crippen LogP contribution in [0.5, 0.6) is 0 Å². The van der Waals surface area contributed by atoms with Gasteiger partial charge >= 0.3 is 0 Å². The Kier molecular flexibility index (Phi) is 5.05. The van der Waals surface area contributed by atoms with Crippen LogP contribution in [0.15, 0.2) is 29.2 Å². The molecule has 0 saturated carbocycles. The van der Waals surface area contributed by atoms with Crippen LogP contribution in [0, 0.1) is 5.92 Å². The predicted octanol–water partition coefficient (Wildman–Crippen LogP) is 2.94. The van der Waals surface area contributed by atoms with Crippen molar-refractivity contribution in [3.05, 3.63) is 29.8 Å². The van der Waals surface area contributed by atoms with E-state index in [0.717, 1.165) is 13.0 Å². The summed E-state index contributed by atoms with van der Waals surface area (Å²) >= 11 is 1.79. The van der Waals surface area contributed by atoms with Gasteiger partial charge in [-0.2, -0.15) is 0 Å². The van der Waals surface area contributed by atoms with Gasteiger partial charge in [0.2, 0.25) is 0 Å². The molecule has 1 nitrogen and oxygen atoms in total. The zero-order valence-corrected chi connectivity index (χ0v) is 9.81. The first kappa shape index (κ1) is 11.6. The molecule has 0 spiro atoms. The van der Waals surface area contributed by atoms with Crippen molar-refractivity contribution in [3.63, 3.8) is 0 Å². The molecule has 0 radical (unpaired) electrons. The summed E-state index contributed by atoms with van der Waals surface area (Å²) in [5.41, 5.74) is 7.00. The molecule has 0 aliphatic heterocycles. The summed E-state index contributed by atoms with van der Waals surface area (Å²) in [6, 6.07) is 8.81. The Morgan fingerprint density at radius 2 is 1.93 bits per heavy atom. The standard InChI is InChI=1S/C12H19NS/c1-10(9-13)3-4-11-5-7-12(14-2)8-6-11/h5-8,10H,3-4,9,13H2,1-2H3. The molecular formula is C12H19NS. The minimum atomic E-state index is 0.634. The summed E-state index contributed by atoms with van der Waals surface area (Å²) in [5.74, 6) is 0.634. The number of hydrogen-bond acceptors (Lipinski definition) is 2. The molecule has 1 aromatic rings. The van der Waals surface area contributed by atoms with Gasteiger partial charge in [-0.05, 0) is 49.3 Å². The minimum absolute atomic E-state index is 0.634. The van der Waals surface area contributed by atoms with E-state index in [0.29, 0.717) is 5.92 Å².